The van der Waals surface area contributed by atoms with E-state index in [0.717, 1.165) is 16.4 Å². The third-order valence-electron chi connectivity index (χ3n) is 2.50. The van der Waals surface area contributed by atoms with Gasteiger partial charge >= 0.3 is 5.97 Å². The van der Waals surface area contributed by atoms with Crippen LogP contribution in [0.2, 0.25) is 0 Å². The molecule has 1 rings (SSSR count). The van der Waals surface area contributed by atoms with Crippen LogP contribution < -0.4 is 5.32 Å². The van der Waals surface area contributed by atoms with E-state index in [0.29, 0.717) is 5.69 Å². The molecular formula is C11H18N2O2S. The van der Waals surface area contributed by atoms with Crippen molar-refractivity contribution < 1.29 is 9.53 Å². The molecule has 1 N–H and O–H groups in total. The van der Waals surface area contributed by atoms with Crippen LogP contribution in [0.4, 0.5) is 5.13 Å². The number of hydrogen-bond acceptors (Lipinski definition) is 5. The van der Waals surface area contributed by atoms with Crippen molar-refractivity contribution in [3.8, 4) is 0 Å². The summed E-state index contributed by atoms with van der Waals surface area (Å²) in [4.78, 5) is 16.5. The van der Waals surface area contributed by atoms with Crippen LogP contribution >= 0.6 is 11.3 Å². The number of aromatic nitrogens is 1. The summed E-state index contributed by atoms with van der Waals surface area (Å²) in [5.41, 5.74) is 0.388. The Balaban J connectivity index is 2.89. The molecule has 0 radical (unpaired) electrons. The number of esters is 1. The summed E-state index contributed by atoms with van der Waals surface area (Å²) in [6.45, 7) is 8.17. The largest absolute Gasteiger partial charge is 0.464 e. The maximum Gasteiger partial charge on any atom is 0.357 e. The lowest BCUT2D eigenvalue weighted by Gasteiger charge is -2.23. The van der Waals surface area contributed by atoms with Crippen molar-refractivity contribution in [1.82, 2.24) is 4.98 Å². The molecular weight excluding hydrogens is 224 g/mol. The second-order valence-electron chi connectivity index (χ2n) is 4.28. The molecule has 0 aliphatic carbocycles. The molecule has 0 aromatic carbocycles. The van der Waals surface area contributed by atoms with Crippen LogP contribution in [0.25, 0.3) is 0 Å². The average Bonchev–Trinajstić information content (AvgIpc) is 2.57. The van der Waals surface area contributed by atoms with E-state index in [9.17, 15) is 4.79 Å². The molecule has 5 heteroatoms. The highest BCUT2D eigenvalue weighted by Gasteiger charge is 2.20. The number of thiazole rings is 1. The van der Waals surface area contributed by atoms with Gasteiger partial charge in [0.05, 0.1) is 7.11 Å². The predicted molar refractivity (Wildman–Crippen MR) is 66.2 cm³/mol. The van der Waals surface area contributed by atoms with Crippen molar-refractivity contribution in [1.29, 1.82) is 0 Å². The summed E-state index contributed by atoms with van der Waals surface area (Å²) in [6, 6.07) is 0. The summed E-state index contributed by atoms with van der Waals surface area (Å²) >= 11 is 1.48. The third kappa shape index (κ3) is 2.95. The minimum atomic E-state index is -0.379. The predicted octanol–water partition coefficient (Wildman–Crippen LogP) is 2.84. The lowest BCUT2D eigenvalue weighted by molar-refractivity contribution is 0.0594. The first-order chi connectivity index (χ1) is 7.39. The molecule has 1 aromatic heterocycles. The van der Waals surface area contributed by atoms with Gasteiger partial charge in [-0.1, -0.05) is 6.92 Å². The van der Waals surface area contributed by atoms with Gasteiger partial charge in [0.1, 0.15) is 0 Å². The molecule has 0 saturated carbocycles. The number of nitrogens with one attached hydrogen (secondary N) is 1. The van der Waals surface area contributed by atoms with E-state index in [-0.39, 0.29) is 11.5 Å². The molecule has 1 aromatic rings. The van der Waals surface area contributed by atoms with Gasteiger partial charge in [-0.2, -0.15) is 0 Å². The standard InChI is InChI=1S/C11H18N2O2S/c1-6-11(3,4)13-10-12-8(7(2)16-10)9(14)15-5/h6H2,1-5H3,(H,12,13). The van der Waals surface area contributed by atoms with Gasteiger partial charge in [-0.15, -0.1) is 11.3 Å². The molecule has 0 spiro atoms. The first kappa shape index (κ1) is 13.0. The second-order valence-corrected chi connectivity index (χ2v) is 5.48. The van der Waals surface area contributed by atoms with Crippen molar-refractivity contribution in [2.45, 2.75) is 39.7 Å². The van der Waals surface area contributed by atoms with Crippen LogP contribution in [0.3, 0.4) is 0 Å². The highest BCUT2D eigenvalue weighted by Crippen LogP contribution is 2.26. The molecule has 0 unspecified atom stereocenters. The Bertz CT molecular complexity index is 385. The Hall–Kier alpha value is -1.10. The highest BCUT2D eigenvalue weighted by atomic mass is 32.1. The van der Waals surface area contributed by atoms with E-state index < -0.39 is 0 Å². The number of carbonyl (C=O) groups is 1. The van der Waals surface area contributed by atoms with E-state index in [1.807, 2.05) is 6.92 Å². The van der Waals surface area contributed by atoms with E-state index >= 15 is 0 Å². The molecule has 90 valence electrons. The first-order valence-corrected chi connectivity index (χ1v) is 6.05. The number of nitrogens with zero attached hydrogens (tertiary/aromatic N) is 1. The molecule has 0 fully saturated rings. The van der Waals surface area contributed by atoms with Crippen LogP contribution in [0, 0.1) is 6.92 Å². The van der Waals surface area contributed by atoms with Crippen molar-refractivity contribution >= 4 is 22.4 Å². The fourth-order valence-electron chi connectivity index (χ4n) is 1.11. The third-order valence-corrected chi connectivity index (χ3v) is 3.39. The SMILES string of the molecule is CCC(C)(C)Nc1nc(C(=O)OC)c(C)s1. The number of rotatable bonds is 4. The smallest absolute Gasteiger partial charge is 0.357 e. The second kappa shape index (κ2) is 4.82. The molecule has 4 nitrogen and oxygen atoms in total. The summed E-state index contributed by atoms with van der Waals surface area (Å²) in [7, 11) is 1.37. The molecule has 1 heterocycles. The van der Waals surface area contributed by atoms with E-state index in [4.69, 9.17) is 0 Å². The van der Waals surface area contributed by atoms with E-state index in [1.54, 1.807) is 0 Å². The van der Waals surface area contributed by atoms with Crippen LogP contribution in [-0.4, -0.2) is 23.6 Å². The topological polar surface area (TPSA) is 51.2 Å². The summed E-state index contributed by atoms with van der Waals surface area (Å²) in [5.74, 6) is -0.379. The minimum Gasteiger partial charge on any atom is -0.464 e. The maximum atomic E-state index is 11.4. The highest BCUT2D eigenvalue weighted by molar-refractivity contribution is 7.15. The van der Waals surface area contributed by atoms with Gasteiger partial charge in [-0.3, -0.25) is 0 Å². The molecule has 0 atom stereocenters. The maximum absolute atomic E-state index is 11.4. The molecule has 0 aliphatic rings. The number of anilines is 1. The van der Waals surface area contributed by atoms with Crippen LogP contribution in [0.5, 0.6) is 0 Å². The van der Waals surface area contributed by atoms with Gasteiger partial charge in [0.25, 0.3) is 0 Å². The van der Waals surface area contributed by atoms with Crippen LogP contribution in [0.15, 0.2) is 0 Å². The number of aryl methyl sites for hydroxylation is 1. The summed E-state index contributed by atoms with van der Waals surface area (Å²) in [6.07, 6.45) is 0.985. The van der Waals surface area contributed by atoms with E-state index in [1.165, 1.54) is 18.4 Å². The zero-order valence-electron chi connectivity index (χ0n) is 10.4. The Morgan fingerprint density at radius 1 is 1.56 bits per heavy atom. The summed E-state index contributed by atoms with van der Waals surface area (Å²) in [5, 5.41) is 4.08. The zero-order chi connectivity index (χ0) is 12.3. The van der Waals surface area contributed by atoms with Crippen molar-refractivity contribution in [2.24, 2.45) is 0 Å². The van der Waals surface area contributed by atoms with Crippen molar-refractivity contribution in [3.05, 3.63) is 10.6 Å². The Morgan fingerprint density at radius 2 is 2.19 bits per heavy atom. The van der Waals surface area contributed by atoms with E-state index in [2.05, 4.69) is 35.8 Å². The zero-order valence-corrected chi connectivity index (χ0v) is 11.2. The van der Waals surface area contributed by atoms with Crippen LogP contribution in [0.1, 0.15) is 42.6 Å². The Kier molecular flexibility index (Phi) is 3.91. The van der Waals surface area contributed by atoms with Crippen LogP contribution in [-0.2, 0) is 4.74 Å². The molecule has 0 aliphatic heterocycles. The molecule has 0 amide bonds. The molecule has 16 heavy (non-hydrogen) atoms. The van der Waals surface area contributed by atoms with Gasteiger partial charge in [-0.25, -0.2) is 9.78 Å². The van der Waals surface area contributed by atoms with Crippen molar-refractivity contribution in [2.75, 3.05) is 12.4 Å². The van der Waals surface area contributed by atoms with Gasteiger partial charge < -0.3 is 10.1 Å². The normalized spacial score (nSPS) is 11.3. The van der Waals surface area contributed by atoms with Gasteiger partial charge in [0.15, 0.2) is 10.8 Å². The number of hydrogen-bond donors (Lipinski definition) is 1. The van der Waals surface area contributed by atoms with Crippen molar-refractivity contribution in [3.63, 3.8) is 0 Å². The average molecular weight is 242 g/mol. The minimum absolute atomic E-state index is 0.0162. The number of ether oxygens (including phenoxy) is 1. The van der Waals surface area contributed by atoms with Gasteiger partial charge in [0.2, 0.25) is 0 Å². The fourth-order valence-corrected chi connectivity index (χ4v) is 2.09. The van der Waals surface area contributed by atoms with Gasteiger partial charge in [0, 0.05) is 10.4 Å². The van der Waals surface area contributed by atoms with Gasteiger partial charge in [-0.05, 0) is 27.2 Å². The fraction of sp³-hybridized carbons (Fsp3) is 0.636. The Labute approximate surface area is 100 Å². The quantitative estimate of drug-likeness (QED) is 0.825. The number of methoxy groups -OCH3 is 1. The first-order valence-electron chi connectivity index (χ1n) is 5.23. The number of carbonyl (C=O) groups excluding carboxylic acids is 1. The lowest BCUT2D eigenvalue weighted by atomic mass is 10.0. The monoisotopic (exact) mass is 242 g/mol. The Morgan fingerprint density at radius 3 is 2.69 bits per heavy atom. The molecule has 0 bridgehead atoms. The summed E-state index contributed by atoms with van der Waals surface area (Å²) < 4.78 is 4.66. The molecule has 0 saturated heterocycles. The lowest BCUT2D eigenvalue weighted by Crippen LogP contribution is -2.29.